The largest absolute Gasteiger partial charge is 0.416 e. The molecule has 0 N–H and O–H groups in total. The molecule has 1 aliphatic rings. The second kappa shape index (κ2) is 9.45. The lowest BCUT2D eigenvalue weighted by Crippen LogP contribution is -2.09. The summed E-state index contributed by atoms with van der Waals surface area (Å²) in [5, 5.41) is 0. The van der Waals surface area contributed by atoms with Crippen LogP contribution in [0.15, 0.2) is 72.1 Å². The number of aryl methyl sites for hydroxylation is 1. The number of aromatic nitrogens is 3. The van der Waals surface area contributed by atoms with Crippen LogP contribution in [0.1, 0.15) is 44.0 Å². The monoisotopic (exact) mass is 486 g/mol. The number of nitrogens with zero attached hydrogens (tertiary/aromatic N) is 4. The summed E-state index contributed by atoms with van der Waals surface area (Å²) in [4.78, 5) is 30.6. The number of ketones is 1. The van der Waals surface area contributed by atoms with Crippen LogP contribution in [0.2, 0.25) is 0 Å². The first-order chi connectivity index (χ1) is 17.3. The minimum atomic E-state index is -4.50. The molecule has 4 aromatic rings. The molecular formula is C28H21F3N4O. The van der Waals surface area contributed by atoms with Crippen LogP contribution < -0.4 is 0 Å². The Labute approximate surface area is 205 Å². The molecule has 2 aromatic heterocycles. The Balaban J connectivity index is 1.42. The van der Waals surface area contributed by atoms with Gasteiger partial charge in [0.2, 0.25) is 0 Å². The summed E-state index contributed by atoms with van der Waals surface area (Å²) < 4.78 is 39.2. The molecule has 0 radical (unpaired) electrons. The molecule has 5 nitrogen and oxygen atoms in total. The number of fused-ring (bicyclic) bond motifs is 1. The number of aliphatic imine (C=N–C) groups is 1. The number of Topliss-reactive ketones (excluding diaryl/α,β-unsaturated/α-hetero) is 1. The third-order valence-electron chi connectivity index (χ3n) is 6.20. The van der Waals surface area contributed by atoms with Gasteiger partial charge in [-0.2, -0.15) is 13.2 Å². The molecule has 36 heavy (non-hydrogen) atoms. The van der Waals surface area contributed by atoms with Crippen molar-refractivity contribution in [3.63, 3.8) is 0 Å². The third kappa shape index (κ3) is 4.79. The van der Waals surface area contributed by atoms with Gasteiger partial charge in [-0.1, -0.05) is 30.3 Å². The lowest BCUT2D eigenvalue weighted by Gasteiger charge is -2.13. The topological polar surface area (TPSA) is 68.1 Å². The van der Waals surface area contributed by atoms with Crippen LogP contribution in [0, 0.1) is 6.92 Å². The average molecular weight is 486 g/mol. The van der Waals surface area contributed by atoms with Crippen LogP contribution in [0.25, 0.3) is 11.3 Å². The van der Waals surface area contributed by atoms with E-state index < -0.39 is 11.7 Å². The fourth-order valence-corrected chi connectivity index (χ4v) is 4.28. The van der Waals surface area contributed by atoms with Gasteiger partial charge in [0.1, 0.15) is 17.7 Å². The van der Waals surface area contributed by atoms with Crippen molar-refractivity contribution in [2.75, 3.05) is 0 Å². The average Bonchev–Trinajstić information content (AvgIpc) is 3.35. The van der Waals surface area contributed by atoms with Gasteiger partial charge in [-0.15, -0.1) is 0 Å². The molecule has 0 unspecified atom stereocenters. The zero-order chi connectivity index (χ0) is 25.3. The van der Waals surface area contributed by atoms with E-state index in [1.165, 1.54) is 18.5 Å². The van der Waals surface area contributed by atoms with E-state index in [2.05, 4.69) is 19.9 Å². The van der Waals surface area contributed by atoms with Crippen molar-refractivity contribution >= 4 is 17.7 Å². The SMILES string of the molecule is Cc1ccc(CC(=O)c2cccc(C(F)(F)F)c2)cc1Cc1ncccc1-c1ncnc2c1N=CC2. The summed E-state index contributed by atoms with van der Waals surface area (Å²) in [7, 11) is 0. The highest BCUT2D eigenvalue weighted by Gasteiger charge is 2.30. The Morgan fingerprint density at radius 1 is 1.00 bits per heavy atom. The summed E-state index contributed by atoms with van der Waals surface area (Å²) in [5.74, 6) is -0.371. The zero-order valence-corrected chi connectivity index (χ0v) is 19.4. The first-order valence-corrected chi connectivity index (χ1v) is 11.4. The van der Waals surface area contributed by atoms with Crippen molar-refractivity contribution in [2.24, 2.45) is 4.99 Å². The van der Waals surface area contributed by atoms with E-state index in [0.717, 1.165) is 57.2 Å². The molecule has 0 amide bonds. The zero-order valence-electron chi connectivity index (χ0n) is 19.4. The minimum absolute atomic E-state index is 0.00218. The number of hydrogen-bond acceptors (Lipinski definition) is 5. The van der Waals surface area contributed by atoms with E-state index in [1.54, 1.807) is 6.20 Å². The van der Waals surface area contributed by atoms with Crippen LogP contribution in [-0.2, 0) is 25.4 Å². The predicted molar refractivity (Wildman–Crippen MR) is 131 cm³/mol. The number of rotatable bonds is 6. The molecule has 180 valence electrons. The van der Waals surface area contributed by atoms with Crippen LogP contribution in [-0.4, -0.2) is 26.9 Å². The maximum atomic E-state index is 13.1. The van der Waals surface area contributed by atoms with Gasteiger partial charge in [0.05, 0.1) is 17.0 Å². The lowest BCUT2D eigenvalue weighted by molar-refractivity contribution is -0.137. The molecule has 0 bridgehead atoms. The molecule has 0 aliphatic carbocycles. The number of hydrogen-bond donors (Lipinski definition) is 0. The van der Waals surface area contributed by atoms with Crippen LogP contribution in [0.3, 0.4) is 0 Å². The van der Waals surface area contributed by atoms with Crippen LogP contribution in [0.5, 0.6) is 0 Å². The molecular weight excluding hydrogens is 465 g/mol. The summed E-state index contributed by atoms with van der Waals surface area (Å²) >= 11 is 0. The second-order valence-corrected chi connectivity index (χ2v) is 8.65. The fourth-order valence-electron chi connectivity index (χ4n) is 4.28. The highest BCUT2D eigenvalue weighted by molar-refractivity contribution is 5.97. The van der Waals surface area contributed by atoms with Gasteiger partial charge in [-0.25, -0.2) is 9.97 Å². The van der Waals surface area contributed by atoms with E-state index in [0.29, 0.717) is 12.8 Å². The van der Waals surface area contributed by atoms with Crippen molar-refractivity contribution in [3.8, 4) is 11.3 Å². The van der Waals surface area contributed by atoms with Crippen molar-refractivity contribution in [1.29, 1.82) is 0 Å². The minimum Gasteiger partial charge on any atom is -0.294 e. The number of carbonyl (C=O) groups excluding carboxylic acids is 1. The Bertz CT molecular complexity index is 1490. The van der Waals surface area contributed by atoms with Crippen LogP contribution in [0.4, 0.5) is 18.9 Å². The van der Waals surface area contributed by atoms with Gasteiger partial charge in [-0.3, -0.25) is 14.8 Å². The highest BCUT2D eigenvalue weighted by atomic mass is 19.4. The molecule has 0 spiro atoms. The Hall–Kier alpha value is -4.20. The number of alkyl halides is 3. The number of halogens is 3. The van der Waals surface area contributed by atoms with E-state index in [1.807, 2.05) is 43.5 Å². The van der Waals surface area contributed by atoms with E-state index in [-0.39, 0.29) is 17.8 Å². The summed E-state index contributed by atoms with van der Waals surface area (Å²) in [6.45, 7) is 1.98. The van der Waals surface area contributed by atoms with Crippen LogP contribution >= 0.6 is 0 Å². The first-order valence-electron chi connectivity index (χ1n) is 11.4. The smallest absolute Gasteiger partial charge is 0.294 e. The molecule has 5 rings (SSSR count). The van der Waals surface area contributed by atoms with Crippen molar-refractivity contribution in [2.45, 2.75) is 32.4 Å². The standard InChI is InChI=1S/C28H21F3N4O/c1-17-7-8-18(13-25(36)19-4-2-5-21(14-19)28(29,30)31)12-20(17)15-24-22(6-3-10-32-24)26-27-23(9-11-33-27)34-16-35-26/h2-8,10-12,14,16H,9,13,15H2,1H3. The fraction of sp³-hybridized carbons (Fsp3) is 0.179. The second-order valence-electron chi connectivity index (χ2n) is 8.65. The highest BCUT2D eigenvalue weighted by Crippen LogP contribution is 2.35. The number of benzene rings is 2. The number of carbonyl (C=O) groups is 1. The number of pyridine rings is 1. The molecule has 8 heteroatoms. The molecule has 2 aromatic carbocycles. The van der Waals surface area contributed by atoms with Crippen molar-refractivity contribution < 1.29 is 18.0 Å². The van der Waals surface area contributed by atoms with Crippen molar-refractivity contribution in [3.05, 3.63) is 106 Å². The maximum Gasteiger partial charge on any atom is 0.416 e. The molecule has 0 fully saturated rings. The molecule has 0 saturated carbocycles. The Kier molecular flexibility index (Phi) is 6.18. The van der Waals surface area contributed by atoms with Gasteiger partial charge in [0.15, 0.2) is 5.78 Å². The van der Waals surface area contributed by atoms with E-state index in [9.17, 15) is 18.0 Å². The lowest BCUT2D eigenvalue weighted by atomic mass is 9.94. The first kappa shape index (κ1) is 23.5. The van der Waals surface area contributed by atoms with Crippen molar-refractivity contribution in [1.82, 2.24) is 15.0 Å². The molecule has 1 aliphatic heterocycles. The summed E-state index contributed by atoms with van der Waals surface area (Å²) in [6, 6.07) is 14.0. The Morgan fingerprint density at radius 2 is 1.86 bits per heavy atom. The molecule has 0 saturated heterocycles. The molecule has 3 heterocycles. The van der Waals surface area contributed by atoms with Gasteiger partial charge < -0.3 is 0 Å². The normalized spacial score (nSPS) is 12.6. The Morgan fingerprint density at radius 3 is 2.69 bits per heavy atom. The quantitative estimate of drug-likeness (QED) is 0.307. The third-order valence-corrected chi connectivity index (χ3v) is 6.20. The van der Waals surface area contributed by atoms with Gasteiger partial charge in [0, 0.05) is 42.8 Å². The van der Waals surface area contributed by atoms with E-state index in [4.69, 9.17) is 0 Å². The van der Waals surface area contributed by atoms with Gasteiger partial charge >= 0.3 is 6.18 Å². The van der Waals surface area contributed by atoms with Gasteiger partial charge in [0.25, 0.3) is 0 Å². The maximum absolute atomic E-state index is 13.1. The summed E-state index contributed by atoms with van der Waals surface area (Å²) in [6.07, 6.45) is 1.73. The summed E-state index contributed by atoms with van der Waals surface area (Å²) in [5.41, 5.74) is 5.95. The van der Waals surface area contributed by atoms with E-state index >= 15 is 0 Å². The molecule has 0 atom stereocenters. The predicted octanol–water partition coefficient (Wildman–Crippen LogP) is 6.14. The van der Waals surface area contributed by atoms with Gasteiger partial charge in [-0.05, 0) is 47.9 Å².